The largest absolute Gasteiger partial charge is 0.573 e. The second-order valence-electron chi connectivity index (χ2n) is 4.09. The van der Waals surface area contributed by atoms with Gasteiger partial charge in [-0.15, -0.1) is 13.2 Å². The highest BCUT2D eigenvalue weighted by atomic mass is 32.2. The van der Waals surface area contributed by atoms with Gasteiger partial charge in [-0.1, -0.05) is 12.1 Å². The molecule has 1 aromatic carbocycles. The maximum Gasteiger partial charge on any atom is 0.573 e. The van der Waals surface area contributed by atoms with Crippen LogP contribution < -0.4 is 10.1 Å². The fraction of sp³-hybridized carbons (Fsp3) is 0.500. The van der Waals surface area contributed by atoms with E-state index in [4.69, 9.17) is 0 Å². The Kier molecular flexibility index (Phi) is 6.21. The molecular weight excluding hydrogens is 320 g/mol. The highest BCUT2D eigenvalue weighted by molar-refractivity contribution is 8.00. The Bertz CT molecular complexity index is 431. The number of hydrogen-bond donors (Lipinski definition) is 1. The maximum absolute atomic E-state index is 12.0. The number of ether oxygens (including phenoxy) is 1. The molecule has 0 aliphatic heterocycles. The Morgan fingerprint density at radius 1 is 1.10 bits per heavy atom. The molecular formula is C12H13F6NOS. The molecule has 0 aliphatic carbocycles. The first-order valence-electron chi connectivity index (χ1n) is 5.86. The van der Waals surface area contributed by atoms with Gasteiger partial charge in [-0.05, 0) is 36.4 Å². The first-order chi connectivity index (χ1) is 9.57. The number of thioether (sulfide) groups is 1. The van der Waals surface area contributed by atoms with Crippen molar-refractivity contribution < 1.29 is 31.1 Å². The van der Waals surface area contributed by atoms with Crippen molar-refractivity contribution in [3.63, 3.8) is 0 Å². The lowest BCUT2D eigenvalue weighted by molar-refractivity contribution is -0.274. The zero-order chi connectivity index (χ0) is 16.1. The zero-order valence-corrected chi connectivity index (χ0v) is 11.7. The molecule has 9 heteroatoms. The number of benzene rings is 1. The first kappa shape index (κ1) is 18.0. The van der Waals surface area contributed by atoms with Gasteiger partial charge < -0.3 is 10.1 Å². The average Bonchev–Trinajstić information content (AvgIpc) is 2.32. The number of nitrogens with one attached hydrogen (secondary N) is 1. The van der Waals surface area contributed by atoms with Crippen molar-refractivity contribution in [1.82, 2.24) is 5.32 Å². The summed E-state index contributed by atoms with van der Waals surface area (Å²) in [5.74, 6) is -0.477. The monoisotopic (exact) mass is 333 g/mol. The molecule has 0 saturated heterocycles. The summed E-state index contributed by atoms with van der Waals surface area (Å²) < 4.78 is 75.4. The second-order valence-corrected chi connectivity index (χ2v) is 5.25. The van der Waals surface area contributed by atoms with E-state index < -0.39 is 11.9 Å². The summed E-state index contributed by atoms with van der Waals surface area (Å²) in [6.07, 6.45) is -4.75. The van der Waals surface area contributed by atoms with Gasteiger partial charge in [0, 0.05) is 18.3 Å². The molecule has 0 spiro atoms. The van der Waals surface area contributed by atoms with Gasteiger partial charge in [-0.2, -0.15) is 13.2 Å². The predicted octanol–water partition coefficient (Wildman–Crippen LogP) is 4.49. The van der Waals surface area contributed by atoms with Crippen molar-refractivity contribution in [3.8, 4) is 5.75 Å². The molecule has 0 heterocycles. The van der Waals surface area contributed by atoms with Crippen molar-refractivity contribution in [2.45, 2.75) is 24.8 Å². The molecule has 1 atom stereocenters. The third-order valence-electron chi connectivity index (χ3n) is 2.43. The van der Waals surface area contributed by atoms with Gasteiger partial charge in [0.25, 0.3) is 0 Å². The molecule has 0 bridgehead atoms. The zero-order valence-electron chi connectivity index (χ0n) is 10.9. The molecule has 0 aromatic heterocycles. The molecule has 0 radical (unpaired) electrons. The van der Waals surface area contributed by atoms with E-state index >= 15 is 0 Å². The van der Waals surface area contributed by atoms with Crippen LogP contribution in [0, 0.1) is 0 Å². The molecule has 1 unspecified atom stereocenters. The smallest absolute Gasteiger partial charge is 0.406 e. The molecule has 0 fully saturated rings. The van der Waals surface area contributed by atoms with Crippen molar-refractivity contribution in [3.05, 3.63) is 29.8 Å². The van der Waals surface area contributed by atoms with E-state index in [0.29, 0.717) is 5.56 Å². The summed E-state index contributed by atoms with van der Waals surface area (Å²) in [5, 5.41) is 2.86. The van der Waals surface area contributed by atoms with Crippen LogP contribution in [0.1, 0.15) is 18.5 Å². The van der Waals surface area contributed by atoms with Crippen LogP contribution in [0.15, 0.2) is 24.3 Å². The number of halogens is 6. The van der Waals surface area contributed by atoms with E-state index in [0.717, 1.165) is 12.1 Å². The highest BCUT2D eigenvalue weighted by Gasteiger charge is 2.31. The Labute approximate surface area is 121 Å². The quantitative estimate of drug-likeness (QED) is 0.612. The van der Waals surface area contributed by atoms with Gasteiger partial charge in [-0.3, -0.25) is 0 Å². The van der Waals surface area contributed by atoms with Gasteiger partial charge >= 0.3 is 11.9 Å². The van der Waals surface area contributed by atoms with E-state index in [9.17, 15) is 26.3 Å². The lowest BCUT2D eigenvalue weighted by Gasteiger charge is -2.15. The van der Waals surface area contributed by atoms with E-state index in [1.54, 1.807) is 6.92 Å². The van der Waals surface area contributed by atoms with Crippen LogP contribution in [0.5, 0.6) is 5.75 Å². The SMILES string of the molecule is CC(NCCSC(F)(F)F)c1ccc(OC(F)(F)F)cc1. The van der Waals surface area contributed by atoms with Crippen LogP contribution in [-0.2, 0) is 0 Å². The predicted molar refractivity (Wildman–Crippen MR) is 68.1 cm³/mol. The van der Waals surface area contributed by atoms with Crippen LogP contribution in [0.2, 0.25) is 0 Å². The minimum atomic E-state index is -4.75. The fourth-order valence-corrected chi connectivity index (χ4v) is 1.97. The lowest BCUT2D eigenvalue weighted by Crippen LogP contribution is -2.22. The van der Waals surface area contributed by atoms with Crippen LogP contribution >= 0.6 is 11.8 Å². The summed E-state index contributed by atoms with van der Waals surface area (Å²) >= 11 is -0.128. The number of alkyl halides is 6. The van der Waals surface area contributed by atoms with Crippen LogP contribution in [0.3, 0.4) is 0 Å². The van der Waals surface area contributed by atoms with E-state index in [1.165, 1.54) is 12.1 Å². The Morgan fingerprint density at radius 2 is 1.67 bits per heavy atom. The normalized spacial score (nSPS) is 14.0. The summed E-state index contributed by atoms with van der Waals surface area (Å²) in [4.78, 5) is 0. The first-order valence-corrected chi connectivity index (χ1v) is 6.85. The average molecular weight is 333 g/mol. The molecule has 0 saturated carbocycles. The molecule has 120 valence electrons. The molecule has 1 aromatic rings. The van der Waals surface area contributed by atoms with Gasteiger partial charge in [0.05, 0.1) is 0 Å². The third kappa shape index (κ3) is 8.05. The molecule has 21 heavy (non-hydrogen) atoms. The number of hydrogen-bond acceptors (Lipinski definition) is 3. The molecule has 0 amide bonds. The van der Waals surface area contributed by atoms with Gasteiger partial charge in [0.1, 0.15) is 5.75 Å². The van der Waals surface area contributed by atoms with Crippen molar-refractivity contribution in [1.29, 1.82) is 0 Å². The highest BCUT2D eigenvalue weighted by Crippen LogP contribution is 2.29. The van der Waals surface area contributed by atoms with E-state index in [2.05, 4.69) is 10.1 Å². The van der Waals surface area contributed by atoms with Crippen LogP contribution in [0.4, 0.5) is 26.3 Å². The molecule has 1 rings (SSSR count). The van der Waals surface area contributed by atoms with Gasteiger partial charge in [0.15, 0.2) is 0 Å². The molecule has 1 N–H and O–H groups in total. The summed E-state index contributed by atoms with van der Waals surface area (Å²) in [5.41, 5.74) is -3.61. The van der Waals surface area contributed by atoms with Crippen molar-refractivity contribution in [2.24, 2.45) is 0 Å². The standard InChI is InChI=1S/C12H13F6NOS/c1-8(19-6-7-21-12(16,17)18)9-2-4-10(5-3-9)20-11(13,14)15/h2-5,8,19H,6-7H2,1H3. The molecule has 2 nitrogen and oxygen atoms in total. The Hall–Kier alpha value is -1.09. The minimum Gasteiger partial charge on any atom is -0.406 e. The van der Waals surface area contributed by atoms with Crippen molar-refractivity contribution >= 4 is 11.8 Å². The lowest BCUT2D eigenvalue weighted by atomic mass is 10.1. The third-order valence-corrected chi connectivity index (χ3v) is 3.17. The van der Waals surface area contributed by atoms with Crippen molar-refractivity contribution in [2.75, 3.05) is 12.3 Å². The Balaban J connectivity index is 2.43. The second kappa shape index (κ2) is 7.26. The summed E-state index contributed by atoms with van der Waals surface area (Å²) in [6, 6.07) is 4.89. The van der Waals surface area contributed by atoms with Crippen LogP contribution in [0.25, 0.3) is 0 Å². The fourth-order valence-electron chi connectivity index (χ4n) is 1.52. The van der Waals surface area contributed by atoms with E-state index in [1.807, 2.05) is 0 Å². The van der Waals surface area contributed by atoms with Gasteiger partial charge in [-0.25, -0.2) is 0 Å². The topological polar surface area (TPSA) is 21.3 Å². The van der Waals surface area contributed by atoms with E-state index in [-0.39, 0.29) is 35.9 Å². The molecule has 0 aliphatic rings. The minimum absolute atomic E-state index is 0.128. The number of rotatable bonds is 6. The summed E-state index contributed by atoms with van der Waals surface area (Å²) in [6.45, 7) is 1.84. The summed E-state index contributed by atoms with van der Waals surface area (Å²) in [7, 11) is 0. The van der Waals surface area contributed by atoms with Gasteiger partial charge in [0.2, 0.25) is 0 Å². The Morgan fingerprint density at radius 3 is 2.14 bits per heavy atom. The maximum atomic E-state index is 12.0. The van der Waals surface area contributed by atoms with Crippen LogP contribution in [-0.4, -0.2) is 24.2 Å².